The van der Waals surface area contributed by atoms with E-state index in [0.29, 0.717) is 11.3 Å². The SMILES string of the molecule is O=C(Cn1nnc(-c2ccc(F)cc2)n1)Nc1ccc([N+](=O)[O-])cc1. The number of anilines is 1. The van der Waals surface area contributed by atoms with E-state index in [9.17, 15) is 19.3 Å². The maximum Gasteiger partial charge on any atom is 0.269 e. The van der Waals surface area contributed by atoms with Crippen molar-refractivity contribution in [2.45, 2.75) is 6.54 Å². The van der Waals surface area contributed by atoms with Gasteiger partial charge in [-0.25, -0.2) is 4.39 Å². The minimum absolute atomic E-state index is 0.0696. The third kappa shape index (κ3) is 3.99. The van der Waals surface area contributed by atoms with Crippen LogP contribution in [0.25, 0.3) is 11.4 Å². The Morgan fingerprint density at radius 1 is 1.16 bits per heavy atom. The van der Waals surface area contributed by atoms with Gasteiger partial charge in [-0.05, 0) is 41.6 Å². The lowest BCUT2D eigenvalue weighted by Gasteiger charge is -2.03. The van der Waals surface area contributed by atoms with Crippen LogP contribution in [0.2, 0.25) is 0 Å². The fraction of sp³-hybridized carbons (Fsp3) is 0.0667. The highest BCUT2D eigenvalue weighted by Crippen LogP contribution is 2.16. The molecule has 25 heavy (non-hydrogen) atoms. The van der Waals surface area contributed by atoms with Crippen molar-refractivity contribution in [3.05, 3.63) is 64.5 Å². The number of nitro benzene ring substituents is 1. The van der Waals surface area contributed by atoms with Crippen LogP contribution in [0.5, 0.6) is 0 Å². The lowest BCUT2D eigenvalue weighted by molar-refractivity contribution is -0.384. The van der Waals surface area contributed by atoms with Gasteiger partial charge in [0.2, 0.25) is 11.7 Å². The molecule has 0 unspecified atom stereocenters. The fourth-order valence-corrected chi connectivity index (χ4v) is 2.02. The number of nitro groups is 1. The smallest absolute Gasteiger partial charge is 0.269 e. The fourth-order valence-electron chi connectivity index (χ4n) is 2.02. The van der Waals surface area contributed by atoms with Crippen LogP contribution in [-0.2, 0) is 11.3 Å². The van der Waals surface area contributed by atoms with Crippen LogP contribution in [0.15, 0.2) is 48.5 Å². The first kappa shape index (κ1) is 16.2. The Morgan fingerprint density at radius 3 is 2.48 bits per heavy atom. The number of aromatic nitrogens is 4. The van der Waals surface area contributed by atoms with Gasteiger partial charge in [0.1, 0.15) is 12.4 Å². The van der Waals surface area contributed by atoms with Gasteiger partial charge in [-0.2, -0.15) is 4.80 Å². The number of halogens is 1. The summed E-state index contributed by atoms with van der Waals surface area (Å²) in [6.45, 7) is -0.189. The second kappa shape index (κ2) is 6.83. The Bertz CT molecular complexity index is 908. The number of hydrogen-bond acceptors (Lipinski definition) is 6. The topological polar surface area (TPSA) is 116 Å². The molecule has 3 aromatic rings. The quantitative estimate of drug-likeness (QED) is 0.560. The van der Waals surface area contributed by atoms with Crippen molar-refractivity contribution in [2.75, 3.05) is 5.32 Å². The zero-order valence-corrected chi connectivity index (χ0v) is 12.7. The zero-order valence-electron chi connectivity index (χ0n) is 12.7. The molecule has 0 saturated heterocycles. The molecule has 1 heterocycles. The normalized spacial score (nSPS) is 10.4. The summed E-state index contributed by atoms with van der Waals surface area (Å²) in [5.41, 5.74) is 0.915. The van der Waals surface area contributed by atoms with Crippen molar-refractivity contribution < 1.29 is 14.1 Å². The first-order valence-electron chi connectivity index (χ1n) is 7.09. The number of tetrazole rings is 1. The van der Waals surface area contributed by atoms with E-state index in [4.69, 9.17) is 0 Å². The van der Waals surface area contributed by atoms with Crippen LogP contribution in [-0.4, -0.2) is 31.0 Å². The third-order valence-corrected chi connectivity index (χ3v) is 3.20. The number of nitrogens with zero attached hydrogens (tertiary/aromatic N) is 5. The Morgan fingerprint density at radius 2 is 1.84 bits per heavy atom. The molecule has 9 nitrogen and oxygen atoms in total. The summed E-state index contributed by atoms with van der Waals surface area (Å²) in [4.78, 5) is 23.1. The molecule has 10 heteroatoms. The lowest BCUT2D eigenvalue weighted by atomic mass is 10.2. The molecular formula is C15H11FN6O3. The van der Waals surface area contributed by atoms with E-state index < -0.39 is 10.8 Å². The van der Waals surface area contributed by atoms with E-state index >= 15 is 0 Å². The van der Waals surface area contributed by atoms with Crippen LogP contribution >= 0.6 is 0 Å². The van der Waals surface area contributed by atoms with Gasteiger partial charge in [0.15, 0.2) is 0 Å². The summed E-state index contributed by atoms with van der Waals surface area (Å²) in [7, 11) is 0. The van der Waals surface area contributed by atoms with E-state index in [-0.39, 0.29) is 23.9 Å². The number of non-ortho nitro benzene ring substituents is 1. The van der Waals surface area contributed by atoms with Crippen LogP contribution in [0.4, 0.5) is 15.8 Å². The Hall–Kier alpha value is -3.69. The summed E-state index contributed by atoms with van der Waals surface area (Å²) in [6, 6.07) is 11.0. The molecule has 1 N–H and O–H groups in total. The van der Waals surface area contributed by atoms with Crippen molar-refractivity contribution in [1.29, 1.82) is 0 Å². The van der Waals surface area contributed by atoms with Crippen LogP contribution in [0.1, 0.15) is 0 Å². The van der Waals surface area contributed by atoms with Crippen LogP contribution in [0, 0.1) is 15.9 Å². The first-order valence-corrected chi connectivity index (χ1v) is 7.09. The Kier molecular flexibility index (Phi) is 4.42. The molecule has 2 aromatic carbocycles. The molecular weight excluding hydrogens is 331 g/mol. The first-order chi connectivity index (χ1) is 12.0. The highest BCUT2D eigenvalue weighted by atomic mass is 19.1. The van der Waals surface area contributed by atoms with Crippen LogP contribution < -0.4 is 5.32 Å². The molecule has 0 bridgehead atoms. The zero-order chi connectivity index (χ0) is 17.8. The molecule has 0 aliphatic rings. The largest absolute Gasteiger partial charge is 0.324 e. The summed E-state index contributed by atoms with van der Waals surface area (Å²) in [5.74, 6) is -0.529. The second-order valence-corrected chi connectivity index (χ2v) is 5.00. The van der Waals surface area contributed by atoms with Gasteiger partial charge in [0.05, 0.1) is 4.92 Å². The number of hydrogen-bond donors (Lipinski definition) is 1. The molecule has 0 saturated carbocycles. The molecule has 0 spiro atoms. The summed E-state index contributed by atoms with van der Waals surface area (Å²) >= 11 is 0. The van der Waals surface area contributed by atoms with Crippen molar-refractivity contribution >= 4 is 17.3 Å². The summed E-state index contributed by atoms with van der Waals surface area (Å²) in [5, 5.41) is 24.8. The number of amides is 1. The van der Waals surface area contributed by atoms with E-state index in [1.54, 1.807) is 0 Å². The standard InChI is InChI=1S/C15H11FN6O3/c16-11-3-1-10(2-4-11)15-18-20-21(19-15)9-14(23)17-12-5-7-13(8-6-12)22(24)25/h1-8H,9H2,(H,17,23). The van der Waals surface area contributed by atoms with Crippen molar-refractivity contribution in [3.8, 4) is 11.4 Å². The number of benzene rings is 2. The Balaban J connectivity index is 1.63. The minimum Gasteiger partial charge on any atom is -0.324 e. The number of rotatable bonds is 5. The molecule has 3 rings (SSSR count). The van der Waals surface area contributed by atoms with Gasteiger partial charge < -0.3 is 5.32 Å². The monoisotopic (exact) mass is 342 g/mol. The minimum atomic E-state index is -0.526. The van der Waals surface area contributed by atoms with E-state index in [2.05, 4.69) is 20.7 Å². The molecule has 0 radical (unpaired) electrons. The Labute approximate surface area is 140 Å². The molecule has 0 atom stereocenters. The van der Waals surface area contributed by atoms with Crippen LogP contribution in [0.3, 0.4) is 0 Å². The number of carbonyl (C=O) groups excluding carboxylic acids is 1. The van der Waals surface area contributed by atoms with Gasteiger partial charge in [-0.3, -0.25) is 14.9 Å². The molecule has 0 aliphatic carbocycles. The molecule has 1 amide bonds. The number of carbonyl (C=O) groups is 1. The summed E-state index contributed by atoms with van der Waals surface area (Å²) < 4.78 is 12.9. The second-order valence-electron chi connectivity index (χ2n) is 5.00. The van der Waals surface area contributed by atoms with Gasteiger partial charge in [-0.1, -0.05) is 0 Å². The van der Waals surface area contributed by atoms with Crippen molar-refractivity contribution in [2.24, 2.45) is 0 Å². The average molecular weight is 342 g/mol. The van der Waals surface area contributed by atoms with E-state index in [1.807, 2.05) is 0 Å². The molecule has 0 aliphatic heterocycles. The van der Waals surface area contributed by atoms with Crippen molar-refractivity contribution in [3.63, 3.8) is 0 Å². The lowest BCUT2D eigenvalue weighted by Crippen LogP contribution is -2.20. The molecule has 0 fully saturated rings. The average Bonchev–Trinajstić information content (AvgIpc) is 3.04. The summed E-state index contributed by atoms with van der Waals surface area (Å²) in [6.07, 6.45) is 0. The molecule has 1 aromatic heterocycles. The van der Waals surface area contributed by atoms with Gasteiger partial charge >= 0.3 is 0 Å². The van der Waals surface area contributed by atoms with E-state index in [1.165, 1.54) is 48.5 Å². The predicted molar refractivity (Wildman–Crippen MR) is 84.9 cm³/mol. The predicted octanol–water partition coefficient (Wildman–Crippen LogP) is 2.03. The highest BCUT2D eigenvalue weighted by Gasteiger charge is 2.11. The molecule has 126 valence electrons. The van der Waals surface area contributed by atoms with Gasteiger partial charge in [0.25, 0.3) is 5.69 Å². The third-order valence-electron chi connectivity index (χ3n) is 3.20. The van der Waals surface area contributed by atoms with E-state index in [0.717, 1.165) is 4.80 Å². The van der Waals surface area contributed by atoms with Gasteiger partial charge in [-0.15, -0.1) is 10.2 Å². The number of nitrogens with one attached hydrogen (secondary N) is 1. The maximum atomic E-state index is 12.9. The highest BCUT2D eigenvalue weighted by molar-refractivity contribution is 5.90. The van der Waals surface area contributed by atoms with Crippen molar-refractivity contribution in [1.82, 2.24) is 20.2 Å². The van der Waals surface area contributed by atoms with Gasteiger partial charge in [0, 0.05) is 23.4 Å². The maximum absolute atomic E-state index is 12.9.